The van der Waals surface area contributed by atoms with Gasteiger partial charge in [0.2, 0.25) is 0 Å². The molecule has 2 rings (SSSR count). The fourth-order valence-corrected chi connectivity index (χ4v) is 2.49. The van der Waals surface area contributed by atoms with Gasteiger partial charge >= 0.3 is 0 Å². The highest BCUT2D eigenvalue weighted by Gasteiger charge is 2.22. The van der Waals surface area contributed by atoms with Gasteiger partial charge in [0, 0.05) is 18.8 Å². The van der Waals surface area contributed by atoms with E-state index in [2.05, 4.69) is 24.3 Å². The van der Waals surface area contributed by atoms with Gasteiger partial charge in [0.25, 0.3) is 0 Å². The second-order valence-corrected chi connectivity index (χ2v) is 5.22. The molecule has 1 saturated carbocycles. The molecule has 17 heavy (non-hydrogen) atoms. The first kappa shape index (κ1) is 12.6. The normalized spacial score (nSPS) is 19.1. The average molecular weight is 237 g/mol. The van der Waals surface area contributed by atoms with Crippen LogP contribution in [0.1, 0.15) is 57.4 Å². The third kappa shape index (κ3) is 3.07. The lowest BCUT2D eigenvalue weighted by Crippen LogP contribution is -2.29. The Hall–Kier alpha value is -0.870. The number of aliphatic hydroxyl groups excluding tert-OH is 1. The zero-order valence-corrected chi connectivity index (χ0v) is 10.8. The van der Waals surface area contributed by atoms with Crippen LogP contribution >= 0.6 is 0 Å². The van der Waals surface area contributed by atoms with Crippen molar-refractivity contribution in [1.29, 1.82) is 0 Å². The van der Waals surface area contributed by atoms with Crippen molar-refractivity contribution in [3.63, 3.8) is 0 Å². The monoisotopic (exact) mass is 237 g/mol. The Morgan fingerprint density at radius 3 is 2.82 bits per heavy atom. The number of hydrogen-bond acceptors (Lipinski definition) is 3. The quantitative estimate of drug-likeness (QED) is 0.824. The largest absolute Gasteiger partial charge is 0.385 e. The highest BCUT2D eigenvalue weighted by atomic mass is 16.3. The molecule has 1 aliphatic carbocycles. The van der Waals surface area contributed by atoms with E-state index < -0.39 is 6.10 Å². The van der Waals surface area contributed by atoms with Crippen molar-refractivity contribution in [3.05, 3.63) is 18.0 Å². The Balaban J connectivity index is 2.02. The molecule has 0 saturated heterocycles. The molecular weight excluding hydrogens is 214 g/mol. The van der Waals surface area contributed by atoms with Crippen LogP contribution in [0.15, 0.2) is 12.3 Å². The van der Waals surface area contributed by atoms with E-state index >= 15 is 0 Å². The van der Waals surface area contributed by atoms with E-state index in [9.17, 15) is 5.11 Å². The van der Waals surface area contributed by atoms with Crippen LogP contribution in [-0.2, 0) is 0 Å². The van der Waals surface area contributed by atoms with Gasteiger partial charge in [-0.3, -0.25) is 4.68 Å². The summed E-state index contributed by atoms with van der Waals surface area (Å²) in [5.74, 6) is 0. The van der Waals surface area contributed by atoms with E-state index in [0.29, 0.717) is 18.6 Å². The van der Waals surface area contributed by atoms with Crippen molar-refractivity contribution >= 4 is 0 Å². The van der Waals surface area contributed by atoms with Crippen LogP contribution in [0.5, 0.6) is 0 Å². The van der Waals surface area contributed by atoms with Gasteiger partial charge in [0.05, 0.1) is 11.7 Å². The van der Waals surface area contributed by atoms with Crippen LogP contribution in [0.4, 0.5) is 0 Å². The van der Waals surface area contributed by atoms with Crippen LogP contribution < -0.4 is 5.32 Å². The summed E-state index contributed by atoms with van der Waals surface area (Å²) in [7, 11) is 0. The van der Waals surface area contributed by atoms with Gasteiger partial charge in [-0.2, -0.15) is 5.10 Å². The fourth-order valence-electron chi connectivity index (χ4n) is 2.49. The zero-order chi connectivity index (χ0) is 12.3. The maximum atomic E-state index is 10.2. The molecule has 0 spiro atoms. The molecule has 2 N–H and O–H groups in total. The lowest BCUT2D eigenvalue weighted by Gasteiger charge is -2.19. The Kier molecular flexibility index (Phi) is 4.18. The van der Waals surface area contributed by atoms with Crippen LogP contribution in [0.3, 0.4) is 0 Å². The predicted molar refractivity (Wildman–Crippen MR) is 67.8 cm³/mol. The Morgan fingerprint density at radius 2 is 2.18 bits per heavy atom. The minimum atomic E-state index is -0.458. The number of nitrogens with zero attached hydrogens (tertiary/aromatic N) is 2. The van der Waals surface area contributed by atoms with Crippen molar-refractivity contribution in [3.8, 4) is 0 Å². The van der Waals surface area contributed by atoms with Gasteiger partial charge in [0.1, 0.15) is 6.10 Å². The molecule has 0 aromatic carbocycles. The van der Waals surface area contributed by atoms with Gasteiger partial charge in [-0.15, -0.1) is 0 Å². The zero-order valence-electron chi connectivity index (χ0n) is 10.8. The lowest BCUT2D eigenvalue weighted by atomic mass is 10.2. The predicted octanol–water partition coefficient (Wildman–Crippen LogP) is 2.03. The fraction of sp³-hybridized carbons (Fsp3) is 0.769. The summed E-state index contributed by atoms with van der Waals surface area (Å²) < 4.78 is 2.03. The minimum absolute atomic E-state index is 0.396. The molecule has 1 heterocycles. The number of hydrogen-bond donors (Lipinski definition) is 2. The molecule has 1 aromatic heterocycles. The molecule has 1 unspecified atom stereocenters. The van der Waals surface area contributed by atoms with Gasteiger partial charge in [-0.05, 0) is 18.9 Å². The van der Waals surface area contributed by atoms with Gasteiger partial charge in [0.15, 0.2) is 0 Å². The van der Waals surface area contributed by atoms with Crippen molar-refractivity contribution in [1.82, 2.24) is 15.1 Å². The summed E-state index contributed by atoms with van der Waals surface area (Å²) in [5, 5.41) is 17.8. The molecule has 0 radical (unpaired) electrons. The highest BCUT2D eigenvalue weighted by Crippen LogP contribution is 2.31. The third-order valence-corrected chi connectivity index (χ3v) is 3.43. The van der Waals surface area contributed by atoms with Gasteiger partial charge in [-0.1, -0.05) is 26.7 Å². The smallest absolute Gasteiger partial charge is 0.108 e. The molecule has 96 valence electrons. The summed E-state index contributed by atoms with van der Waals surface area (Å²) in [6.07, 6.45) is 6.29. The summed E-state index contributed by atoms with van der Waals surface area (Å²) in [5.41, 5.74) is 0.949. The Morgan fingerprint density at radius 1 is 1.47 bits per heavy atom. The lowest BCUT2D eigenvalue weighted by molar-refractivity contribution is 0.157. The molecule has 1 atom stereocenters. The van der Waals surface area contributed by atoms with Crippen molar-refractivity contribution in [2.45, 2.75) is 57.7 Å². The van der Waals surface area contributed by atoms with Crippen LogP contribution in [0, 0.1) is 0 Å². The molecule has 1 aromatic rings. The summed E-state index contributed by atoms with van der Waals surface area (Å²) in [6.45, 7) is 4.76. The van der Waals surface area contributed by atoms with E-state index in [1.165, 1.54) is 25.7 Å². The summed E-state index contributed by atoms with van der Waals surface area (Å²) in [6, 6.07) is 2.83. The SMILES string of the molecule is CC(C)NCC(O)c1ccnn1C1CCCC1. The molecular formula is C13H23N3O. The second-order valence-electron chi connectivity index (χ2n) is 5.22. The van der Waals surface area contributed by atoms with E-state index in [4.69, 9.17) is 0 Å². The average Bonchev–Trinajstić information content (AvgIpc) is 2.94. The molecule has 4 heteroatoms. The first-order valence-corrected chi connectivity index (χ1v) is 6.63. The second kappa shape index (κ2) is 5.65. The van der Waals surface area contributed by atoms with Crippen LogP contribution in [-0.4, -0.2) is 27.5 Å². The van der Waals surface area contributed by atoms with E-state index in [1.807, 2.05) is 10.7 Å². The van der Waals surface area contributed by atoms with Gasteiger partial charge < -0.3 is 10.4 Å². The number of nitrogens with one attached hydrogen (secondary N) is 1. The standard InChI is InChI=1S/C13H23N3O/c1-10(2)14-9-13(17)12-7-8-15-16(12)11-5-3-4-6-11/h7-8,10-11,13-14,17H,3-6,9H2,1-2H3. The van der Waals surface area contributed by atoms with E-state index in [1.54, 1.807) is 6.20 Å². The number of aromatic nitrogens is 2. The van der Waals surface area contributed by atoms with Crippen LogP contribution in [0.2, 0.25) is 0 Å². The minimum Gasteiger partial charge on any atom is -0.385 e. The topological polar surface area (TPSA) is 50.1 Å². The molecule has 0 aliphatic heterocycles. The molecule has 0 amide bonds. The van der Waals surface area contributed by atoms with E-state index in [-0.39, 0.29) is 0 Å². The molecule has 1 aliphatic rings. The maximum Gasteiger partial charge on any atom is 0.108 e. The first-order chi connectivity index (χ1) is 8.18. The van der Waals surface area contributed by atoms with Crippen molar-refractivity contribution in [2.75, 3.05) is 6.54 Å². The molecule has 1 fully saturated rings. The van der Waals surface area contributed by atoms with E-state index in [0.717, 1.165) is 5.69 Å². The van der Waals surface area contributed by atoms with Crippen LogP contribution in [0.25, 0.3) is 0 Å². The van der Waals surface area contributed by atoms with Gasteiger partial charge in [-0.25, -0.2) is 0 Å². The van der Waals surface area contributed by atoms with Crippen molar-refractivity contribution < 1.29 is 5.11 Å². The summed E-state index contributed by atoms with van der Waals surface area (Å²) >= 11 is 0. The Bertz CT molecular complexity index is 342. The first-order valence-electron chi connectivity index (χ1n) is 6.63. The number of aliphatic hydroxyl groups is 1. The Labute approximate surface area is 103 Å². The molecule has 4 nitrogen and oxygen atoms in total. The maximum absolute atomic E-state index is 10.2. The molecule has 0 bridgehead atoms. The third-order valence-electron chi connectivity index (χ3n) is 3.43. The van der Waals surface area contributed by atoms with Crippen molar-refractivity contribution in [2.24, 2.45) is 0 Å². The number of rotatable bonds is 5. The summed E-state index contributed by atoms with van der Waals surface area (Å²) in [4.78, 5) is 0. The highest BCUT2D eigenvalue weighted by molar-refractivity contribution is 5.07.